The van der Waals surface area contributed by atoms with Gasteiger partial charge in [0.25, 0.3) is 0 Å². The van der Waals surface area contributed by atoms with E-state index in [4.69, 9.17) is 9.47 Å². The number of esters is 1. The van der Waals surface area contributed by atoms with Crippen molar-refractivity contribution >= 4 is 11.9 Å². The van der Waals surface area contributed by atoms with Crippen LogP contribution in [-0.2, 0) is 20.7 Å². The average molecular weight is 442 g/mol. The molecule has 2 aliphatic heterocycles. The summed E-state index contributed by atoms with van der Waals surface area (Å²) in [5, 5.41) is 23.2. The van der Waals surface area contributed by atoms with Crippen LogP contribution in [0.5, 0.6) is 5.75 Å². The fourth-order valence-electron chi connectivity index (χ4n) is 4.07. The van der Waals surface area contributed by atoms with Crippen molar-refractivity contribution in [2.45, 2.75) is 69.9 Å². The van der Waals surface area contributed by atoms with Gasteiger partial charge in [-0.3, -0.25) is 4.79 Å². The Balaban J connectivity index is 1.70. The van der Waals surface area contributed by atoms with Crippen molar-refractivity contribution in [1.29, 1.82) is 0 Å². The van der Waals surface area contributed by atoms with Gasteiger partial charge in [-0.25, -0.2) is 4.79 Å². The lowest BCUT2D eigenvalue weighted by Gasteiger charge is -2.36. The average Bonchev–Trinajstić information content (AvgIpc) is 2.73. The number of nitrogens with one attached hydrogen (secondary N) is 1. The third kappa shape index (κ3) is 6.80. The highest BCUT2D eigenvalue weighted by molar-refractivity contribution is 5.94. The maximum Gasteiger partial charge on any atom is 0.342 e. The molecule has 3 rings (SSSR count). The lowest BCUT2D eigenvalue weighted by atomic mass is 9.91. The lowest BCUT2D eigenvalue weighted by molar-refractivity contribution is -0.115. The van der Waals surface area contributed by atoms with E-state index >= 15 is 0 Å². The Bertz CT molecular complexity index is 890. The molecule has 172 valence electrons. The topological polar surface area (TPSA) is 105 Å². The van der Waals surface area contributed by atoms with Gasteiger partial charge in [0.15, 0.2) is 0 Å². The summed E-state index contributed by atoms with van der Waals surface area (Å²) in [6.07, 6.45) is 11.7. The summed E-state index contributed by atoms with van der Waals surface area (Å²) in [6.45, 7) is 2.01. The molecule has 1 saturated heterocycles. The predicted octanol–water partition coefficient (Wildman–Crippen LogP) is 3.31. The minimum Gasteiger partial charge on any atom is -0.507 e. The van der Waals surface area contributed by atoms with Gasteiger partial charge < -0.3 is 25.0 Å². The van der Waals surface area contributed by atoms with Crippen molar-refractivity contribution in [2.75, 3.05) is 0 Å². The number of carbonyl (C=O) groups is 2. The SMILES string of the molecule is CC/C=C/C=C\C(=O)N/C=C/C[C@H]1C[C@H]2C[C@@H](O)C[C@H](Cc3cccc(O)c3C(=O)O1)O2. The third-order valence-corrected chi connectivity index (χ3v) is 5.51. The first-order valence-corrected chi connectivity index (χ1v) is 11.1. The Morgan fingerprint density at radius 3 is 2.81 bits per heavy atom. The van der Waals surface area contributed by atoms with Crippen LogP contribution in [0.4, 0.5) is 0 Å². The Kier molecular flexibility index (Phi) is 8.64. The minimum atomic E-state index is -0.577. The summed E-state index contributed by atoms with van der Waals surface area (Å²) in [6, 6.07) is 4.91. The highest BCUT2D eigenvalue weighted by Crippen LogP contribution is 2.32. The number of phenols is 1. The van der Waals surface area contributed by atoms with Crippen LogP contribution in [0.3, 0.4) is 0 Å². The number of amides is 1. The van der Waals surface area contributed by atoms with Crippen molar-refractivity contribution in [3.8, 4) is 5.75 Å². The molecule has 1 aromatic rings. The molecule has 1 aromatic carbocycles. The van der Waals surface area contributed by atoms with Crippen molar-refractivity contribution in [3.05, 3.63) is 65.9 Å². The van der Waals surface area contributed by atoms with E-state index in [0.717, 1.165) is 6.42 Å². The zero-order valence-corrected chi connectivity index (χ0v) is 18.3. The fraction of sp³-hybridized carbons (Fsp3) is 0.440. The molecule has 0 aromatic heterocycles. The van der Waals surface area contributed by atoms with Gasteiger partial charge in [-0.2, -0.15) is 0 Å². The second-order valence-electron chi connectivity index (χ2n) is 8.13. The molecule has 0 spiro atoms. The summed E-state index contributed by atoms with van der Waals surface area (Å²) >= 11 is 0. The standard InChI is InChI=1S/C25H31NO6/c1-2-3-4-5-11-23(29)26-12-7-9-19-16-21-15-18(27)14-20(31-21)13-17-8-6-10-22(28)24(17)25(30)32-19/h3-8,10-12,18-21,27-28H,2,9,13-16H2,1H3,(H,26,29)/b4-3+,11-5-,12-7+/t18-,19-,20-,21+/m0/s1. The summed E-state index contributed by atoms with van der Waals surface area (Å²) in [4.78, 5) is 24.7. The number of hydrogen-bond acceptors (Lipinski definition) is 6. The zero-order chi connectivity index (χ0) is 22.9. The largest absolute Gasteiger partial charge is 0.507 e. The van der Waals surface area contributed by atoms with E-state index in [-0.39, 0.29) is 29.4 Å². The van der Waals surface area contributed by atoms with E-state index in [9.17, 15) is 19.8 Å². The van der Waals surface area contributed by atoms with Crippen molar-refractivity contribution in [1.82, 2.24) is 5.32 Å². The molecule has 4 atom stereocenters. The fourth-order valence-corrected chi connectivity index (χ4v) is 4.07. The van der Waals surface area contributed by atoms with E-state index in [1.165, 1.54) is 18.3 Å². The van der Waals surface area contributed by atoms with Crippen LogP contribution in [0.2, 0.25) is 0 Å². The first-order chi connectivity index (χ1) is 15.5. The maximum atomic E-state index is 12.9. The Hall–Kier alpha value is -2.90. The van der Waals surface area contributed by atoms with Crippen LogP contribution >= 0.6 is 0 Å². The molecule has 1 amide bonds. The molecule has 1 fully saturated rings. The van der Waals surface area contributed by atoms with Gasteiger partial charge in [0.2, 0.25) is 5.91 Å². The number of hydrogen-bond donors (Lipinski definition) is 3. The number of fused-ring (bicyclic) bond motifs is 3. The van der Waals surface area contributed by atoms with Crippen LogP contribution in [0, 0.1) is 0 Å². The molecule has 3 N–H and O–H groups in total. The molecule has 7 nitrogen and oxygen atoms in total. The molecule has 2 bridgehead atoms. The van der Waals surface area contributed by atoms with Crippen molar-refractivity contribution in [2.24, 2.45) is 0 Å². The number of allylic oxidation sites excluding steroid dienone is 3. The highest BCUT2D eigenvalue weighted by Gasteiger charge is 2.34. The van der Waals surface area contributed by atoms with E-state index in [1.807, 2.05) is 19.1 Å². The molecule has 32 heavy (non-hydrogen) atoms. The molecular weight excluding hydrogens is 410 g/mol. The van der Waals surface area contributed by atoms with Gasteiger partial charge in [-0.15, -0.1) is 0 Å². The first kappa shape index (κ1) is 23.8. The molecule has 2 heterocycles. The highest BCUT2D eigenvalue weighted by atomic mass is 16.5. The number of ether oxygens (including phenoxy) is 2. The van der Waals surface area contributed by atoms with Gasteiger partial charge >= 0.3 is 5.97 Å². The molecule has 2 aliphatic rings. The lowest BCUT2D eigenvalue weighted by Crippen LogP contribution is -2.40. The van der Waals surface area contributed by atoms with Crippen LogP contribution in [0.15, 0.2) is 54.8 Å². The second kappa shape index (κ2) is 11.6. The van der Waals surface area contributed by atoms with Gasteiger partial charge in [0, 0.05) is 25.1 Å². The summed E-state index contributed by atoms with van der Waals surface area (Å²) in [5.74, 6) is -0.969. The molecule has 7 heteroatoms. The van der Waals surface area contributed by atoms with E-state index in [0.29, 0.717) is 37.7 Å². The summed E-state index contributed by atoms with van der Waals surface area (Å²) in [5.41, 5.74) is 0.780. The zero-order valence-electron chi connectivity index (χ0n) is 18.3. The van der Waals surface area contributed by atoms with E-state index in [1.54, 1.807) is 24.3 Å². The number of benzene rings is 1. The Labute approximate surface area is 188 Å². The minimum absolute atomic E-state index is 0.133. The van der Waals surface area contributed by atoms with Gasteiger partial charge in [0.05, 0.1) is 18.3 Å². The van der Waals surface area contributed by atoms with Crippen LogP contribution in [-0.4, -0.2) is 46.5 Å². The Morgan fingerprint density at radius 1 is 1.19 bits per heavy atom. The van der Waals surface area contributed by atoms with Gasteiger partial charge in [-0.1, -0.05) is 43.4 Å². The summed E-state index contributed by atoms with van der Waals surface area (Å²) < 4.78 is 11.9. The second-order valence-corrected chi connectivity index (χ2v) is 8.13. The monoisotopic (exact) mass is 441 g/mol. The van der Waals surface area contributed by atoms with Crippen LogP contribution in [0.1, 0.15) is 54.9 Å². The van der Waals surface area contributed by atoms with Crippen molar-refractivity contribution in [3.63, 3.8) is 0 Å². The number of aliphatic hydroxyl groups excluding tert-OH is 1. The van der Waals surface area contributed by atoms with E-state index < -0.39 is 18.2 Å². The van der Waals surface area contributed by atoms with E-state index in [2.05, 4.69) is 5.32 Å². The number of aromatic hydroxyl groups is 1. The van der Waals surface area contributed by atoms with Crippen molar-refractivity contribution < 1.29 is 29.3 Å². The first-order valence-electron chi connectivity index (χ1n) is 11.1. The molecule has 0 saturated carbocycles. The molecule has 0 aliphatic carbocycles. The number of rotatable bonds is 6. The maximum absolute atomic E-state index is 12.9. The smallest absolute Gasteiger partial charge is 0.342 e. The normalized spacial score (nSPS) is 26.2. The molecule has 0 unspecified atom stereocenters. The molecular formula is C25H31NO6. The number of cyclic esters (lactones) is 1. The van der Waals surface area contributed by atoms with Crippen LogP contribution < -0.4 is 5.32 Å². The number of carbonyl (C=O) groups excluding carboxylic acids is 2. The van der Waals surface area contributed by atoms with Crippen LogP contribution in [0.25, 0.3) is 0 Å². The third-order valence-electron chi connectivity index (χ3n) is 5.51. The molecule has 0 radical (unpaired) electrons. The number of aliphatic hydroxyl groups is 1. The van der Waals surface area contributed by atoms with Gasteiger partial charge in [0.1, 0.15) is 17.4 Å². The predicted molar refractivity (Wildman–Crippen MR) is 120 cm³/mol. The Morgan fingerprint density at radius 2 is 2.00 bits per heavy atom. The quantitative estimate of drug-likeness (QED) is 0.355. The summed E-state index contributed by atoms with van der Waals surface area (Å²) in [7, 11) is 0. The van der Waals surface area contributed by atoms with Gasteiger partial charge in [-0.05, 0) is 37.3 Å². The number of phenolic OH excluding ortho intramolecular Hbond substituents is 1.